The molecule has 0 saturated carbocycles. The third-order valence-electron chi connectivity index (χ3n) is 12.4. The van der Waals surface area contributed by atoms with E-state index in [0.717, 1.165) is 0 Å². The molecule has 11 aromatic rings. The molecule has 0 radical (unpaired) electrons. The lowest BCUT2D eigenvalue weighted by Gasteiger charge is -2.34. The Hall–Kier alpha value is -7.02. The topological polar surface area (TPSA) is 0 Å². The van der Waals surface area contributed by atoms with Crippen LogP contribution in [0, 0.1) is 0 Å². The standard InChI is InChI=1S/C55H34/c1-3-15-44(16-4-1)55(45-17-5-2-6-18-45)50-29-27-36-13-8-10-20-48(36)54(50)49-28-26-37(34-51(49)55)42-30-38-22-24-40-32-43(33-41-25-23-39(31-42)52(38)53(40)41)47-21-11-14-35-12-7-9-19-46(35)47/h1-34H. The molecule has 1 aliphatic carbocycles. The van der Waals surface area contributed by atoms with Crippen molar-refractivity contribution in [2.75, 3.05) is 0 Å². The third kappa shape index (κ3) is 4.28. The van der Waals surface area contributed by atoms with Crippen molar-refractivity contribution in [1.82, 2.24) is 0 Å². The molecule has 0 amide bonds. The van der Waals surface area contributed by atoms with E-state index in [9.17, 15) is 0 Å². The van der Waals surface area contributed by atoms with Crippen LogP contribution in [0.3, 0.4) is 0 Å². The summed E-state index contributed by atoms with van der Waals surface area (Å²) in [6, 6.07) is 77.2. The molecule has 0 heteroatoms. The predicted octanol–water partition coefficient (Wildman–Crippen LogP) is 14.6. The van der Waals surface area contributed by atoms with Crippen LogP contribution in [-0.2, 0) is 5.41 Å². The largest absolute Gasteiger partial charge is 0.0714 e. The maximum atomic E-state index is 2.49. The number of hydrogen-bond donors (Lipinski definition) is 0. The lowest BCUT2D eigenvalue weighted by molar-refractivity contribution is 0.769. The van der Waals surface area contributed by atoms with E-state index < -0.39 is 5.41 Å². The van der Waals surface area contributed by atoms with Crippen LogP contribution in [0.2, 0.25) is 0 Å². The van der Waals surface area contributed by atoms with Crippen LogP contribution >= 0.6 is 0 Å². The van der Waals surface area contributed by atoms with E-state index in [1.807, 2.05) is 0 Å². The van der Waals surface area contributed by atoms with E-state index in [1.165, 1.54) is 109 Å². The molecule has 0 aliphatic heterocycles. The van der Waals surface area contributed by atoms with E-state index in [2.05, 4.69) is 206 Å². The van der Waals surface area contributed by atoms with Crippen molar-refractivity contribution in [3.05, 3.63) is 229 Å². The maximum Gasteiger partial charge on any atom is 0.0714 e. The zero-order valence-corrected chi connectivity index (χ0v) is 30.1. The minimum Gasteiger partial charge on any atom is -0.0622 e. The summed E-state index contributed by atoms with van der Waals surface area (Å²) in [5.41, 5.74) is 12.4. The van der Waals surface area contributed by atoms with Gasteiger partial charge in [-0.05, 0) is 140 Å². The van der Waals surface area contributed by atoms with Gasteiger partial charge in [-0.2, -0.15) is 0 Å². The Labute approximate surface area is 319 Å². The first-order chi connectivity index (χ1) is 27.3. The molecule has 55 heavy (non-hydrogen) atoms. The van der Waals surface area contributed by atoms with E-state index in [1.54, 1.807) is 0 Å². The van der Waals surface area contributed by atoms with Gasteiger partial charge in [0, 0.05) is 0 Å². The average Bonchev–Trinajstić information content (AvgIpc) is 3.56. The fourth-order valence-corrected chi connectivity index (χ4v) is 10.1. The second-order valence-corrected chi connectivity index (χ2v) is 15.2. The Bertz CT molecular complexity index is 3190. The van der Waals surface area contributed by atoms with Gasteiger partial charge in [-0.1, -0.05) is 176 Å². The second-order valence-electron chi connectivity index (χ2n) is 15.2. The van der Waals surface area contributed by atoms with Gasteiger partial charge in [0.2, 0.25) is 0 Å². The highest BCUT2D eigenvalue weighted by molar-refractivity contribution is 6.25. The molecule has 1 aliphatic rings. The van der Waals surface area contributed by atoms with Gasteiger partial charge in [0.05, 0.1) is 5.41 Å². The van der Waals surface area contributed by atoms with Gasteiger partial charge in [0.25, 0.3) is 0 Å². The van der Waals surface area contributed by atoms with Gasteiger partial charge < -0.3 is 0 Å². The fourth-order valence-electron chi connectivity index (χ4n) is 10.1. The maximum absolute atomic E-state index is 2.49. The summed E-state index contributed by atoms with van der Waals surface area (Å²) in [5.74, 6) is 0. The van der Waals surface area contributed by atoms with Gasteiger partial charge in [0.15, 0.2) is 0 Å². The zero-order valence-electron chi connectivity index (χ0n) is 30.1. The lowest BCUT2D eigenvalue weighted by Crippen LogP contribution is -2.28. The Balaban J connectivity index is 1.08. The molecule has 11 aromatic carbocycles. The van der Waals surface area contributed by atoms with Crippen LogP contribution in [0.5, 0.6) is 0 Å². The normalized spacial score (nSPS) is 13.2. The highest BCUT2D eigenvalue weighted by Gasteiger charge is 2.46. The fraction of sp³-hybridized carbons (Fsp3) is 0.0182. The highest BCUT2D eigenvalue weighted by Crippen LogP contribution is 2.58. The van der Waals surface area contributed by atoms with E-state index in [0.29, 0.717) is 0 Å². The third-order valence-corrected chi connectivity index (χ3v) is 12.4. The summed E-state index contributed by atoms with van der Waals surface area (Å²) in [5, 5.41) is 12.9. The van der Waals surface area contributed by atoms with Crippen molar-refractivity contribution in [2.45, 2.75) is 5.41 Å². The van der Waals surface area contributed by atoms with E-state index >= 15 is 0 Å². The zero-order chi connectivity index (χ0) is 36.1. The van der Waals surface area contributed by atoms with Gasteiger partial charge in [0.1, 0.15) is 0 Å². The van der Waals surface area contributed by atoms with Crippen LogP contribution in [0.25, 0.3) is 87.2 Å². The number of fused-ring (bicyclic) bond motifs is 6. The summed E-state index contributed by atoms with van der Waals surface area (Å²) in [6.45, 7) is 0. The van der Waals surface area contributed by atoms with Crippen molar-refractivity contribution in [3.63, 3.8) is 0 Å². The highest BCUT2D eigenvalue weighted by atomic mass is 14.5. The molecule has 0 nitrogen and oxygen atoms in total. The Morgan fingerprint density at radius 2 is 0.782 bits per heavy atom. The first-order valence-corrected chi connectivity index (χ1v) is 19.2. The number of hydrogen-bond acceptors (Lipinski definition) is 0. The van der Waals surface area contributed by atoms with Crippen LogP contribution in [0.1, 0.15) is 22.3 Å². The first kappa shape index (κ1) is 30.4. The molecule has 0 atom stereocenters. The van der Waals surface area contributed by atoms with Crippen LogP contribution in [0.4, 0.5) is 0 Å². The quantitative estimate of drug-likeness (QED) is 0.161. The minimum absolute atomic E-state index is 0.467. The second kappa shape index (κ2) is 11.5. The minimum atomic E-state index is -0.467. The smallest absolute Gasteiger partial charge is 0.0622 e. The van der Waals surface area contributed by atoms with Crippen molar-refractivity contribution >= 4 is 53.9 Å². The molecule has 0 bridgehead atoms. The van der Waals surface area contributed by atoms with Crippen LogP contribution in [0.15, 0.2) is 206 Å². The summed E-state index contributed by atoms with van der Waals surface area (Å²) in [4.78, 5) is 0. The molecule has 0 saturated heterocycles. The summed E-state index contributed by atoms with van der Waals surface area (Å²) < 4.78 is 0. The van der Waals surface area contributed by atoms with Crippen molar-refractivity contribution in [2.24, 2.45) is 0 Å². The SMILES string of the molecule is c1ccc(C2(c3ccccc3)c3cc(-c4cc5ccc6cc(-c7cccc8ccccc78)cc7ccc(c4)c5c67)ccc3-c3c2ccc2ccccc32)cc1. The molecular formula is C55H34. The van der Waals surface area contributed by atoms with Gasteiger partial charge in [-0.25, -0.2) is 0 Å². The van der Waals surface area contributed by atoms with Crippen LogP contribution < -0.4 is 0 Å². The van der Waals surface area contributed by atoms with Gasteiger partial charge in [-0.15, -0.1) is 0 Å². The molecule has 0 aromatic heterocycles. The molecule has 0 unspecified atom stereocenters. The summed E-state index contributed by atoms with van der Waals surface area (Å²) >= 11 is 0. The monoisotopic (exact) mass is 694 g/mol. The molecule has 0 heterocycles. The molecule has 12 rings (SSSR count). The van der Waals surface area contributed by atoms with Crippen molar-refractivity contribution < 1.29 is 0 Å². The van der Waals surface area contributed by atoms with Crippen molar-refractivity contribution in [3.8, 4) is 33.4 Å². The van der Waals surface area contributed by atoms with Gasteiger partial charge in [-0.3, -0.25) is 0 Å². The Kier molecular flexibility index (Phi) is 6.36. The number of benzene rings is 11. The molecule has 254 valence electrons. The molecule has 0 N–H and O–H groups in total. The summed E-state index contributed by atoms with van der Waals surface area (Å²) in [7, 11) is 0. The average molecular weight is 695 g/mol. The Morgan fingerprint density at radius 1 is 0.273 bits per heavy atom. The van der Waals surface area contributed by atoms with Gasteiger partial charge >= 0.3 is 0 Å². The summed E-state index contributed by atoms with van der Waals surface area (Å²) in [6.07, 6.45) is 0. The lowest BCUT2D eigenvalue weighted by atomic mass is 9.67. The molecule has 0 spiro atoms. The number of rotatable bonds is 4. The molecular weight excluding hydrogens is 661 g/mol. The first-order valence-electron chi connectivity index (χ1n) is 19.2. The van der Waals surface area contributed by atoms with E-state index in [-0.39, 0.29) is 0 Å². The van der Waals surface area contributed by atoms with Crippen LogP contribution in [-0.4, -0.2) is 0 Å². The molecule has 0 fully saturated rings. The predicted molar refractivity (Wildman–Crippen MR) is 233 cm³/mol. The Morgan fingerprint density at radius 3 is 1.42 bits per heavy atom. The van der Waals surface area contributed by atoms with E-state index in [4.69, 9.17) is 0 Å². The van der Waals surface area contributed by atoms with Crippen molar-refractivity contribution in [1.29, 1.82) is 0 Å².